The summed E-state index contributed by atoms with van der Waals surface area (Å²) in [4.78, 5) is 27.3. The fourth-order valence-corrected chi connectivity index (χ4v) is 2.10. The van der Waals surface area contributed by atoms with Crippen molar-refractivity contribution in [2.75, 3.05) is 32.7 Å². The quantitative estimate of drug-likeness (QED) is 0.781. The number of carboxylic acids is 1. The summed E-state index contributed by atoms with van der Waals surface area (Å²) < 4.78 is 0. The highest BCUT2D eigenvalue weighted by molar-refractivity contribution is 5.85. The molecule has 1 aliphatic heterocycles. The molecule has 19 heavy (non-hydrogen) atoms. The molecule has 0 bridgehead atoms. The van der Waals surface area contributed by atoms with Gasteiger partial charge in [0.15, 0.2) is 0 Å². The summed E-state index contributed by atoms with van der Waals surface area (Å²) in [7, 11) is 0. The van der Waals surface area contributed by atoms with E-state index in [0.29, 0.717) is 19.5 Å². The number of nitrogens with one attached hydrogen (secondary N) is 1. The van der Waals surface area contributed by atoms with Crippen molar-refractivity contribution in [1.82, 2.24) is 15.1 Å². The zero-order chi connectivity index (χ0) is 14.5. The molecule has 0 aliphatic carbocycles. The van der Waals surface area contributed by atoms with Crippen LogP contribution in [0.1, 0.15) is 33.6 Å². The highest BCUT2D eigenvalue weighted by Gasteiger charge is 2.34. The number of carbonyl (C=O) groups is 2. The second kappa shape index (κ2) is 6.75. The number of urea groups is 1. The molecule has 0 radical (unpaired) electrons. The molecule has 1 rings (SSSR count). The zero-order valence-electron chi connectivity index (χ0n) is 12.1. The molecule has 110 valence electrons. The Morgan fingerprint density at radius 2 is 1.79 bits per heavy atom. The third-order valence-electron chi connectivity index (χ3n) is 3.76. The molecule has 6 nitrogen and oxygen atoms in total. The first-order valence-corrected chi connectivity index (χ1v) is 6.95. The summed E-state index contributed by atoms with van der Waals surface area (Å²) in [5.74, 6) is -0.993. The molecule has 0 aromatic rings. The molecule has 1 aliphatic rings. The molecule has 0 aromatic heterocycles. The van der Waals surface area contributed by atoms with Crippen LogP contribution in [0, 0.1) is 0 Å². The van der Waals surface area contributed by atoms with Crippen molar-refractivity contribution in [3.63, 3.8) is 0 Å². The smallest absolute Gasteiger partial charge is 0.329 e. The van der Waals surface area contributed by atoms with Crippen LogP contribution in [-0.2, 0) is 4.79 Å². The van der Waals surface area contributed by atoms with Gasteiger partial charge in [-0.3, -0.25) is 4.90 Å². The van der Waals surface area contributed by atoms with E-state index in [1.807, 2.05) is 0 Å². The van der Waals surface area contributed by atoms with Crippen molar-refractivity contribution >= 4 is 12.0 Å². The Hall–Kier alpha value is -1.30. The van der Waals surface area contributed by atoms with Crippen LogP contribution in [0.5, 0.6) is 0 Å². The lowest BCUT2D eigenvalue weighted by Crippen LogP contribution is -2.59. The Bertz CT molecular complexity index is 327. The third kappa shape index (κ3) is 4.09. The largest absolute Gasteiger partial charge is 0.480 e. The van der Waals surface area contributed by atoms with Crippen LogP contribution in [0.2, 0.25) is 0 Å². The van der Waals surface area contributed by atoms with Crippen molar-refractivity contribution < 1.29 is 14.7 Å². The zero-order valence-corrected chi connectivity index (χ0v) is 12.1. The standard InChI is InChI=1S/C13H25N3O3/c1-4-6-15-7-9-16(10-8-15)12(19)14-13(3,5-2)11(17)18/h4-10H2,1-3H3,(H,14,19)(H,17,18). The average Bonchev–Trinajstić information content (AvgIpc) is 2.39. The van der Waals surface area contributed by atoms with Gasteiger partial charge in [-0.25, -0.2) is 9.59 Å². The minimum atomic E-state index is -1.18. The molecule has 2 amide bonds. The summed E-state index contributed by atoms with van der Waals surface area (Å²) >= 11 is 0. The lowest BCUT2D eigenvalue weighted by atomic mass is 10.00. The lowest BCUT2D eigenvalue weighted by Gasteiger charge is -2.36. The van der Waals surface area contributed by atoms with E-state index in [9.17, 15) is 9.59 Å². The molecule has 1 atom stereocenters. The van der Waals surface area contributed by atoms with Crippen molar-refractivity contribution in [3.8, 4) is 0 Å². The van der Waals surface area contributed by atoms with E-state index >= 15 is 0 Å². The summed E-state index contributed by atoms with van der Waals surface area (Å²) in [6.07, 6.45) is 1.48. The Balaban J connectivity index is 2.49. The molecule has 1 fully saturated rings. The van der Waals surface area contributed by atoms with E-state index < -0.39 is 11.5 Å². The molecule has 1 saturated heterocycles. The number of nitrogens with zero attached hydrogens (tertiary/aromatic N) is 2. The van der Waals surface area contributed by atoms with E-state index in [0.717, 1.165) is 26.1 Å². The Kier molecular flexibility index (Phi) is 5.60. The minimum absolute atomic E-state index is 0.275. The molecule has 0 saturated carbocycles. The normalized spacial score (nSPS) is 19.8. The van der Waals surface area contributed by atoms with Crippen LogP contribution in [0.3, 0.4) is 0 Å². The van der Waals surface area contributed by atoms with Crippen LogP contribution in [0.15, 0.2) is 0 Å². The summed E-state index contributed by atoms with van der Waals surface area (Å²) in [5.41, 5.74) is -1.18. The van der Waals surface area contributed by atoms with Crippen LogP contribution in [0.4, 0.5) is 4.79 Å². The van der Waals surface area contributed by atoms with Gasteiger partial charge in [0, 0.05) is 26.2 Å². The molecule has 0 spiro atoms. The number of aliphatic carboxylic acids is 1. The maximum Gasteiger partial charge on any atom is 0.329 e. The van der Waals surface area contributed by atoms with Gasteiger partial charge in [0.1, 0.15) is 5.54 Å². The molecule has 1 heterocycles. The van der Waals surface area contributed by atoms with E-state index in [2.05, 4.69) is 17.1 Å². The number of hydrogen-bond acceptors (Lipinski definition) is 3. The number of carbonyl (C=O) groups excluding carboxylic acids is 1. The Morgan fingerprint density at radius 3 is 2.21 bits per heavy atom. The van der Waals surface area contributed by atoms with E-state index in [-0.39, 0.29) is 6.03 Å². The average molecular weight is 271 g/mol. The number of piperazine rings is 1. The first kappa shape index (κ1) is 15.8. The number of rotatable bonds is 5. The van der Waals surface area contributed by atoms with Gasteiger partial charge in [0.25, 0.3) is 0 Å². The SMILES string of the molecule is CCCN1CCN(C(=O)NC(C)(CC)C(=O)O)CC1. The predicted octanol–water partition coefficient (Wildman–Crippen LogP) is 0.977. The Labute approximate surface area is 114 Å². The predicted molar refractivity (Wildman–Crippen MR) is 73.2 cm³/mol. The number of hydrogen-bond donors (Lipinski definition) is 2. The maximum absolute atomic E-state index is 12.1. The first-order valence-electron chi connectivity index (χ1n) is 6.95. The summed E-state index contributed by atoms with van der Waals surface area (Å²) in [6.45, 7) is 9.52. The molecule has 6 heteroatoms. The molecular formula is C13H25N3O3. The molecule has 1 unspecified atom stereocenters. The number of amides is 2. The van der Waals surface area contributed by atoms with Crippen molar-refractivity contribution in [2.24, 2.45) is 0 Å². The van der Waals surface area contributed by atoms with Gasteiger partial charge in [-0.05, 0) is 26.3 Å². The van der Waals surface area contributed by atoms with E-state index in [1.165, 1.54) is 0 Å². The van der Waals surface area contributed by atoms with Crippen LogP contribution >= 0.6 is 0 Å². The first-order chi connectivity index (χ1) is 8.92. The van der Waals surface area contributed by atoms with Gasteiger partial charge >= 0.3 is 12.0 Å². The number of carboxylic acid groups (broad SMARTS) is 1. The maximum atomic E-state index is 12.1. The van der Waals surface area contributed by atoms with Gasteiger partial charge in [0.05, 0.1) is 0 Å². The lowest BCUT2D eigenvalue weighted by molar-refractivity contribution is -0.143. The summed E-state index contributed by atoms with van der Waals surface area (Å²) in [5, 5.41) is 11.8. The van der Waals surface area contributed by atoms with Gasteiger partial charge in [-0.1, -0.05) is 13.8 Å². The van der Waals surface area contributed by atoms with E-state index in [1.54, 1.807) is 18.7 Å². The minimum Gasteiger partial charge on any atom is -0.480 e. The highest BCUT2D eigenvalue weighted by Crippen LogP contribution is 2.11. The van der Waals surface area contributed by atoms with Gasteiger partial charge in [-0.2, -0.15) is 0 Å². The second-order valence-electron chi connectivity index (χ2n) is 5.25. The van der Waals surface area contributed by atoms with Crippen LogP contribution < -0.4 is 5.32 Å². The fourth-order valence-electron chi connectivity index (χ4n) is 2.10. The van der Waals surface area contributed by atoms with Crippen LogP contribution in [-0.4, -0.2) is 65.2 Å². The molecular weight excluding hydrogens is 246 g/mol. The van der Waals surface area contributed by atoms with Crippen molar-refractivity contribution in [3.05, 3.63) is 0 Å². The van der Waals surface area contributed by atoms with Crippen LogP contribution in [0.25, 0.3) is 0 Å². The summed E-state index contributed by atoms with van der Waals surface area (Å²) in [6, 6.07) is -0.275. The highest BCUT2D eigenvalue weighted by atomic mass is 16.4. The monoisotopic (exact) mass is 271 g/mol. The van der Waals surface area contributed by atoms with Gasteiger partial charge in [-0.15, -0.1) is 0 Å². The topological polar surface area (TPSA) is 72.9 Å². The van der Waals surface area contributed by atoms with Crippen molar-refractivity contribution in [2.45, 2.75) is 39.2 Å². The Morgan fingerprint density at radius 1 is 1.21 bits per heavy atom. The van der Waals surface area contributed by atoms with Crippen molar-refractivity contribution in [1.29, 1.82) is 0 Å². The fraction of sp³-hybridized carbons (Fsp3) is 0.846. The van der Waals surface area contributed by atoms with Gasteiger partial charge in [0.2, 0.25) is 0 Å². The molecule has 2 N–H and O–H groups in total. The molecule has 0 aromatic carbocycles. The van der Waals surface area contributed by atoms with Gasteiger partial charge < -0.3 is 15.3 Å². The van der Waals surface area contributed by atoms with E-state index in [4.69, 9.17) is 5.11 Å². The third-order valence-corrected chi connectivity index (χ3v) is 3.76. The second-order valence-corrected chi connectivity index (χ2v) is 5.25.